The second-order valence-electron chi connectivity index (χ2n) is 6.03. The molecular formula is C17H17ClFNO. The maximum absolute atomic E-state index is 14.1. The van der Waals surface area contributed by atoms with Gasteiger partial charge in [-0.25, -0.2) is 4.39 Å². The van der Waals surface area contributed by atoms with Crippen LogP contribution in [-0.4, -0.2) is 5.60 Å². The highest BCUT2D eigenvalue weighted by molar-refractivity contribution is 6.30. The molecule has 1 unspecified atom stereocenters. The van der Waals surface area contributed by atoms with E-state index in [1.165, 1.54) is 6.07 Å². The van der Waals surface area contributed by atoms with E-state index in [1.807, 2.05) is 32.0 Å². The number of fused-ring (bicyclic) bond motifs is 1. The normalized spacial score (nSPS) is 17.2. The van der Waals surface area contributed by atoms with Gasteiger partial charge in [0.05, 0.1) is 11.1 Å². The molecule has 4 heteroatoms. The number of rotatable bonds is 2. The van der Waals surface area contributed by atoms with Crippen molar-refractivity contribution in [3.05, 3.63) is 63.9 Å². The molecule has 2 aromatic carbocycles. The molecule has 0 aromatic heterocycles. The highest BCUT2D eigenvalue weighted by Crippen LogP contribution is 2.37. The monoisotopic (exact) mass is 305 g/mol. The minimum absolute atomic E-state index is 0.0913. The molecule has 0 bridgehead atoms. The van der Waals surface area contributed by atoms with Crippen molar-refractivity contribution in [1.82, 2.24) is 0 Å². The third kappa shape index (κ3) is 2.63. The van der Waals surface area contributed by atoms with Crippen LogP contribution in [0.4, 0.5) is 4.39 Å². The topological polar surface area (TPSA) is 35.2 Å². The van der Waals surface area contributed by atoms with Crippen LogP contribution in [0.25, 0.3) is 0 Å². The first-order valence-electron chi connectivity index (χ1n) is 6.89. The minimum atomic E-state index is -0.544. The Morgan fingerprint density at radius 1 is 1.29 bits per heavy atom. The Kier molecular flexibility index (Phi) is 3.42. The minimum Gasteiger partial charge on any atom is -0.487 e. The summed E-state index contributed by atoms with van der Waals surface area (Å²) in [5, 5.41) is 0.0913. The molecule has 0 radical (unpaired) electrons. The molecule has 0 spiro atoms. The first-order valence-corrected chi connectivity index (χ1v) is 7.26. The van der Waals surface area contributed by atoms with Crippen LogP contribution in [0.2, 0.25) is 5.02 Å². The van der Waals surface area contributed by atoms with E-state index >= 15 is 0 Å². The van der Waals surface area contributed by atoms with Crippen LogP contribution in [0.5, 0.6) is 5.75 Å². The summed E-state index contributed by atoms with van der Waals surface area (Å²) in [6.45, 7) is 4.09. The number of nitrogens with two attached hydrogens (primary N) is 1. The van der Waals surface area contributed by atoms with Gasteiger partial charge in [0.15, 0.2) is 0 Å². The Balaban J connectivity index is 1.97. The maximum Gasteiger partial charge on any atom is 0.146 e. The van der Waals surface area contributed by atoms with E-state index in [0.717, 1.165) is 23.3 Å². The van der Waals surface area contributed by atoms with Crippen molar-refractivity contribution < 1.29 is 9.13 Å². The fraction of sp³-hybridized carbons (Fsp3) is 0.294. The van der Waals surface area contributed by atoms with E-state index in [0.29, 0.717) is 5.56 Å². The molecular weight excluding hydrogens is 289 g/mol. The van der Waals surface area contributed by atoms with Crippen LogP contribution in [0.3, 0.4) is 0 Å². The van der Waals surface area contributed by atoms with Gasteiger partial charge in [0.1, 0.15) is 17.2 Å². The van der Waals surface area contributed by atoms with Gasteiger partial charge in [0, 0.05) is 12.0 Å². The molecule has 21 heavy (non-hydrogen) atoms. The zero-order valence-electron chi connectivity index (χ0n) is 12.0. The van der Waals surface area contributed by atoms with Gasteiger partial charge in [0.25, 0.3) is 0 Å². The van der Waals surface area contributed by atoms with Crippen LogP contribution in [0.15, 0.2) is 36.4 Å². The molecule has 0 amide bonds. The smallest absolute Gasteiger partial charge is 0.146 e. The summed E-state index contributed by atoms with van der Waals surface area (Å²) >= 11 is 5.83. The predicted molar refractivity (Wildman–Crippen MR) is 82.3 cm³/mol. The van der Waals surface area contributed by atoms with Gasteiger partial charge < -0.3 is 10.5 Å². The predicted octanol–water partition coefficient (Wildman–Crippen LogP) is 4.24. The number of ether oxygens (including phenoxy) is 1. The van der Waals surface area contributed by atoms with Crippen molar-refractivity contribution in [1.29, 1.82) is 0 Å². The molecule has 1 aliphatic rings. The van der Waals surface area contributed by atoms with E-state index in [9.17, 15) is 4.39 Å². The molecule has 2 aromatic rings. The Morgan fingerprint density at radius 3 is 2.81 bits per heavy atom. The van der Waals surface area contributed by atoms with Crippen molar-refractivity contribution >= 4 is 11.6 Å². The fourth-order valence-corrected chi connectivity index (χ4v) is 2.95. The first-order chi connectivity index (χ1) is 9.87. The molecule has 2 nitrogen and oxygen atoms in total. The number of benzene rings is 2. The van der Waals surface area contributed by atoms with Gasteiger partial charge in [-0.2, -0.15) is 0 Å². The van der Waals surface area contributed by atoms with E-state index in [4.69, 9.17) is 22.1 Å². The zero-order valence-corrected chi connectivity index (χ0v) is 12.7. The molecule has 1 heterocycles. The quantitative estimate of drug-likeness (QED) is 0.900. The van der Waals surface area contributed by atoms with Crippen molar-refractivity contribution in [2.75, 3.05) is 0 Å². The van der Waals surface area contributed by atoms with Crippen molar-refractivity contribution in [2.24, 2.45) is 5.73 Å². The Morgan fingerprint density at radius 2 is 2.05 bits per heavy atom. The summed E-state index contributed by atoms with van der Waals surface area (Å²) in [5.41, 5.74) is 8.37. The van der Waals surface area contributed by atoms with Crippen molar-refractivity contribution in [2.45, 2.75) is 31.9 Å². The lowest BCUT2D eigenvalue weighted by Gasteiger charge is -2.16. The molecule has 0 fully saturated rings. The maximum atomic E-state index is 14.1. The van der Waals surface area contributed by atoms with Gasteiger partial charge in [-0.15, -0.1) is 0 Å². The number of hydrogen-bond donors (Lipinski definition) is 1. The largest absolute Gasteiger partial charge is 0.487 e. The average molecular weight is 306 g/mol. The van der Waals surface area contributed by atoms with Gasteiger partial charge in [-0.3, -0.25) is 0 Å². The fourth-order valence-electron chi connectivity index (χ4n) is 2.76. The van der Waals surface area contributed by atoms with E-state index < -0.39 is 11.9 Å². The molecule has 0 saturated heterocycles. The van der Waals surface area contributed by atoms with Crippen molar-refractivity contribution in [3.8, 4) is 5.75 Å². The highest BCUT2D eigenvalue weighted by Gasteiger charge is 2.30. The van der Waals surface area contributed by atoms with Gasteiger partial charge in [0.2, 0.25) is 0 Å². The van der Waals surface area contributed by atoms with E-state index in [-0.39, 0.29) is 10.6 Å². The van der Waals surface area contributed by atoms with Gasteiger partial charge in [-0.05, 0) is 37.1 Å². The Bertz CT molecular complexity index is 699. The Labute approximate surface area is 128 Å². The lowest BCUT2D eigenvalue weighted by molar-refractivity contribution is 0.138. The summed E-state index contributed by atoms with van der Waals surface area (Å²) in [6, 6.07) is 10.1. The summed E-state index contributed by atoms with van der Waals surface area (Å²) in [6.07, 6.45) is 0.820. The molecule has 1 atom stereocenters. The summed E-state index contributed by atoms with van der Waals surface area (Å²) in [4.78, 5) is 0. The lowest BCUT2D eigenvalue weighted by Crippen LogP contribution is -2.24. The zero-order chi connectivity index (χ0) is 15.2. The summed E-state index contributed by atoms with van der Waals surface area (Å²) in [7, 11) is 0. The van der Waals surface area contributed by atoms with Gasteiger partial charge in [-0.1, -0.05) is 35.9 Å². The van der Waals surface area contributed by atoms with E-state index in [2.05, 4.69) is 0 Å². The van der Waals surface area contributed by atoms with Crippen LogP contribution < -0.4 is 10.5 Å². The Hall–Kier alpha value is -1.58. The molecule has 2 N–H and O–H groups in total. The van der Waals surface area contributed by atoms with Gasteiger partial charge >= 0.3 is 0 Å². The van der Waals surface area contributed by atoms with Crippen LogP contribution in [0.1, 0.15) is 36.6 Å². The number of halogens is 2. The number of hydrogen-bond acceptors (Lipinski definition) is 2. The SMILES string of the molecule is CC1(C)Cc2cc(C(N)c3cccc(Cl)c3F)ccc2O1. The molecule has 1 aliphatic heterocycles. The standard InChI is InChI=1S/C17H17ClFNO/c1-17(2)9-11-8-10(6-7-14(11)21-17)16(20)12-4-3-5-13(18)15(12)19/h3-8,16H,9,20H2,1-2H3. The van der Waals surface area contributed by atoms with Crippen LogP contribution in [-0.2, 0) is 6.42 Å². The third-order valence-electron chi connectivity index (χ3n) is 3.76. The highest BCUT2D eigenvalue weighted by atomic mass is 35.5. The summed E-state index contributed by atoms with van der Waals surface area (Å²) in [5.74, 6) is 0.422. The second kappa shape index (κ2) is 5.00. The molecule has 110 valence electrons. The lowest BCUT2D eigenvalue weighted by atomic mass is 9.95. The molecule has 3 rings (SSSR count). The van der Waals surface area contributed by atoms with Crippen LogP contribution >= 0.6 is 11.6 Å². The molecule has 0 aliphatic carbocycles. The first kappa shape index (κ1) is 14.4. The van der Waals surface area contributed by atoms with Crippen LogP contribution in [0, 0.1) is 5.82 Å². The average Bonchev–Trinajstić information content (AvgIpc) is 2.73. The van der Waals surface area contributed by atoms with E-state index in [1.54, 1.807) is 12.1 Å². The summed E-state index contributed by atoms with van der Waals surface area (Å²) < 4.78 is 19.9. The van der Waals surface area contributed by atoms with Crippen molar-refractivity contribution in [3.63, 3.8) is 0 Å². The third-order valence-corrected chi connectivity index (χ3v) is 4.05. The molecule has 0 saturated carbocycles. The second-order valence-corrected chi connectivity index (χ2v) is 6.43.